The number of thiophene rings is 1. The number of hydrogen-bond acceptors (Lipinski definition) is 6. The third-order valence-corrected chi connectivity index (χ3v) is 9.29. The smallest absolute Gasteiger partial charge is 0.252 e. The largest absolute Gasteiger partial charge is 0.284 e. The summed E-state index contributed by atoms with van der Waals surface area (Å²) in [5, 5.41) is 4.28. The van der Waals surface area contributed by atoms with Gasteiger partial charge in [-0.1, -0.05) is 42.5 Å². The number of amides is 1. The molecule has 1 saturated heterocycles. The van der Waals surface area contributed by atoms with E-state index in [9.17, 15) is 13.2 Å². The number of rotatable bonds is 7. The molecule has 0 N–H and O–H groups in total. The molecule has 0 saturated carbocycles. The molecule has 162 valence electrons. The third kappa shape index (κ3) is 4.64. The van der Waals surface area contributed by atoms with Gasteiger partial charge in [-0.3, -0.25) is 9.69 Å². The molecule has 0 spiro atoms. The summed E-state index contributed by atoms with van der Waals surface area (Å²) in [5.74, 6) is -0.521. The summed E-state index contributed by atoms with van der Waals surface area (Å²) in [7, 11) is -3.57. The zero-order valence-electron chi connectivity index (χ0n) is 16.9. The predicted octanol–water partition coefficient (Wildman–Crippen LogP) is 4.49. The average molecular weight is 474 g/mol. The van der Waals surface area contributed by atoms with Gasteiger partial charge in [-0.05, 0) is 24.3 Å². The molecule has 31 heavy (non-hydrogen) atoms. The van der Waals surface area contributed by atoms with Crippen LogP contribution in [0.5, 0.6) is 0 Å². The minimum absolute atomic E-state index is 0.111. The Morgan fingerprint density at radius 2 is 2.03 bits per heavy atom. The Balaban J connectivity index is 1.55. The van der Waals surface area contributed by atoms with E-state index in [1.807, 2.05) is 35.7 Å². The molecule has 0 aliphatic carbocycles. The van der Waals surface area contributed by atoms with Gasteiger partial charge < -0.3 is 0 Å². The molecule has 2 aromatic heterocycles. The number of thiazole rings is 1. The van der Waals surface area contributed by atoms with Gasteiger partial charge in [0, 0.05) is 30.6 Å². The summed E-state index contributed by atoms with van der Waals surface area (Å²) in [4.78, 5) is 19.7. The molecule has 0 bridgehead atoms. The van der Waals surface area contributed by atoms with E-state index < -0.39 is 15.9 Å². The minimum Gasteiger partial charge on any atom is -0.284 e. The highest BCUT2D eigenvalue weighted by Gasteiger charge is 2.36. The highest BCUT2D eigenvalue weighted by atomic mass is 32.2. The van der Waals surface area contributed by atoms with Crippen LogP contribution in [0.2, 0.25) is 0 Å². The number of hydrogen-bond donors (Lipinski definition) is 0. The summed E-state index contributed by atoms with van der Waals surface area (Å²) in [6.45, 7) is 4.73. The summed E-state index contributed by atoms with van der Waals surface area (Å²) < 4.78 is 27.6. The maximum Gasteiger partial charge on any atom is 0.252 e. The zero-order valence-corrected chi connectivity index (χ0v) is 19.3. The van der Waals surface area contributed by atoms with Crippen molar-refractivity contribution >= 4 is 43.7 Å². The molecule has 1 aromatic carbocycles. The van der Waals surface area contributed by atoms with E-state index in [0.717, 1.165) is 11.3 Å². The average Bonchev–Trinajstić information content (AvgIpc) is 3.51. The number of aromatic nitrogens is 1. The molecule has 1 amide bonds. The van der Waals surface area contributed by atoms with Gasteiger partial charge in [0.1, 0.15) is 4.21 Å². The Morgan fingerprint density at radius 1 is 1.23 bits per heavy atom. The van der Waals surface area contributed by atoms with Crippen molar-refractivity contribution in [3.63, 3.8) is 0 Å². The summed E-state index contributed by atoms with van der Waals surface area (Å²) in [6, 6.07) is 13.1. The van der Waals surface area contributed by atoms with Crippen LogP contribution in [0.25, 0.3) is 11.3 Å². The lowest BCUT2D eigenvalue weighted by Crippen LogP contribution is -2.46. The van der Waals surface area contributed by atoms with E-state index in [0.29, 0.717) is 35.3 Å². The first-order valence-corrected chi connectivity index (χ1v) is 13.2. The number of anilines is 1. The van der Waals surface area contributed by atoms with Crippen molar-refractivity contribution in [2.45, 2.75) is 17.1 Å². The van der Waals surface area contributed by atoms with Gasteiger partial charge in [0.15, 0.2) is 5.13 Å². The van der Waals surface area contributed by atoms with Crippen molar-refractivity contribution in [3.8, 4) is 11.3 Å². The fourth-order valence-corrected chi connectivity index (χ4v) is 7.16. The number of piperidine rings is 1. The van der Waals surface area contributed by atoms with Crippen LogP contribution in [-0.4, -0.2) is 43.2 Å². The molecule has 1 aliphatic rings. The molecule has 3 heterocycles. The van der Waals surface area contributed by atoms with Crippen LogP contribution in [-0.2, 0) is 14.8 Å². The van der Waals surface area contributed by atoms with Crippen molar-refractivity contribution < 1.29 is 13.2 Å². The molecule has 3 aromatic rings. The fourth-order valence-electron chi connectivity index (χ4n) is 3.64. The number of nitrogens with zero attached hydrogens (tertiary/aromatic N) is 3. The Hall–Kier alpha value is -2.33. The van der Waals surface area contributed by atoms with E-state index in [1.165, 1.54) is 27.0 Å². The number of benzene rings is 1. The number of sulfonamides is 1. The third-order valence-electron chi connectivity index (χ3n) is 5.19. The van der Waals surface area contributed by atoms with Gasteiger partial charge >= 0.3 is 0 Å². The van der Waals surface area contributed by atoms with Crippen LogP contribution in [0.4, 0.5) is 5.13 Å². The molecular weight excluding hydrogens is 450 g/mol. The zero-order chi connectivity index (χ0) is 21.8. The van der Waals surface area contributed by atoms with Crippen LogP contribution >= 0.6 is 22.7 Å². The lowest BCUT2D eigenvalue weighted by Gasteiger charge is -2.33. The highest BCUT2D eigenvalue weighted by Crippen LogP contribution is 2.31. The molecular formula is C22H23N3O3S3. The molecule has 6 nitrogen and oxygen atoms in total. The van der Waals surface area contributed by atoms with Crippen LogP contribution in [0.1, 0.15) is 12.8 Å². The van der Waals surface area contributed by atoms with Crippen LogP contribution in [0.15, 0.2) is 70.1 Å². The van der Waals surface area contributed by atoms with Gasteiger partial charge in [-0.25, -0.2) is 13.4 Å². The summed E-state index contributed by atoms with van der Waals surface area (Å²) in [5.41, 5.74) is 1.80. The first kappa shape index (κ1) is 21.9. The quantitative estimate of drug-likeness (QED) is 0.474. The molecule has 9 heteroatoms. The fraction of sp³-hybridized carbons (Fsp3) is 0.273. The summed E-state index contributed by atoms with van der Waals surface area (Å²) >= 11 is 2.60. The summed E-state index contributed by atoms with van der Waals surface area (Å²) in [6.07, 6.45) is 2.97. The standard InChI is InChI=1S/C22H23N3O3S3/c1-2-12-25(22-23-19(16-30-22)17-8-4-3-5-9-17)21(26)18-10-6-13-24(15-18)31(27,28)20-11-7-14-29-20/h2-5,7-9,11,14,16,18H,1,6,10,12-13,15H2. The first-order valence-electron chi connectivity index (χ1n) is 9.97. The molecule has 1 aliphatic heterocycles. The second kappa shape index (κ2) is 9.44. The maximum absolute atomic E-state index is 13.4. The monoisotopic (exact) mass is 473 g/mol. The minimum atomic E-state index is -3.57. The van der Waals surface area contributed by atoms with Crippen molar-refractivity contribution in [1.82, 2.24) is 9.29 Å². The van der Waals surface area contributed by atoms with Gasteiger partial charge in [-0.15, -0.1) is 29.3 Å². The van der Waals surface area contributed by atoms with E-state index in [-0.39, 0.29) is 12.5 Å². The SMILES string of the molecule is C=CCN(C(=O)C1CCCN(S(=O)(=O)c2cccs2)C1)c1nc(-c2ccccc2)cs1. The molecule has 0 radical (unpaired) electrons. The van der Waals surface area contributed by atoms with Crippen molar-refractivity contribution in [2.75, 3.05) is 24.5 Å². The van der Waals surface area contributed by atoms with E-state index in [4.69, 9.17) is 0 Å². The lowest BCUT2D eigenvalue weighted by molar-refractivity contribution is -0.123. The molecule has 1 atom stereocenters. The second-order valence-electron chi connectivity index (χ2n) is 7.25. The van der Waals surface area contributed by atoms with Crippen molar-refractivity contribution in [1.29, 1.82) is 0 Å². The molecule has 1 fully saturated rings. The number of carbonyl (C=O) groups is 1. The normalized spacial score (nSPS) is 17.4. The first-order chi connectivity index (χ1) is 15.0. The van der Waals surface area contributed by atoms with Gasteiger partial charge in [-0.2, -0.15) is 4.31 Å². The van der Waals surface area contributed by atoms with Gasteiger partial charge in [0.25, 0.3) is 10.0 Å². The Labute approximate surface area is 190 Å². The topological polar surface area (TPSA) is 70.6 Å². The van der Waals surface area contributed by atoms with Crippen molar-refractivity contribution in [3.05, 3.63) is 65.9 Å². The van der Waals surface area contributed by atoms with Gasteiger partial charge in [0.05, 0.1) is 11.6 Å². The van der Waals surface area contributed by atoms with Gasteiger partial charge in [0.2, 0.25) is 5.91 Å². The van der Waals surface area contributed by atoms with Crippen LogP contribution in [0.3, 0.4) is 0 Å². The number of carbonyl (C=O) groups excluding carboxylic acids is 1. The Morgan fingerprint density at radius 3 is 2.74 bits per heavy atom. The second-order valence-corrected chi connectivity index (χ2v) is 11.2. The van der Waals surface area contributed by atoms with E-state index in [2.05, 4.69) is 11.6 Å². The Kier molecular flexibility index (Phi) is 6.66. The Bertz CT molecular complexity index is 1140. The van der Waals surface area contributed by atoms with Crippen LogP contribution < -0.4 is 4.90 Å². The maximum atomic E-state index is 13.4. The lowest BCUT2D eigenvalue weighted by atomic mass is 9.98. The van der Waals surface area contributed by atoms with E-state index >= 15 is 0 Å². The van der Waals surface area contributed by atoms with Crippen LogP contribution in [0, 0.1) is 5.92 Å². The van der Waals surface area contributed by atoms with E-state index in [1.54, 1.807) is 28.5 Å². The molecule has 1 unspecified atom stereocenters. The highest BCUT2D eigenvalue weighted by molar-refractivity contribution is 7.91. The predicted molar refractivity (Wildman–Crippen MR) is 126 cm³/mol. The molecule has 4 rings (SSSR count). The van der Waals surface area contributed by atoms with Crippen molar-refractivity contribution in [2.24, 2.45) is 5.92 Å².